The van der Waals surface area contributed by atoms with E-state index in [0.29, 0.717) is 18.1 Å². The average molecular weight is 395 g/mol. The lowest BCUT2D eigenvalue weighted by Gasteiger charge is -2.15. The molecule has 0 saturated heterocycles. The number of carbonyl (C=O) groups excluding carboxylic acids is 1. The second-order valence-electron chi connectivity index (χ2n) is 6.22. The Morgan fingerprint density at radius 2 is 1.96 bits per heavy atom. The van der Waals surface area contributed by atoms with E-state index in [1.54, 1.807) is 0 Å². The number of hydrogen-bond donors (Lipinski definition) is 3. The van der Waals surface area contributed by atoms with Gasteiger partial charge in [0.15, 0.2) is 0 Å². The lowest BCUT2D eigenvalue weighted by atomic mass is 10.0. The normalized spacial score (nSPS) is 12.2. The highest BCUT2D eigenvalue weighted by atomic mass is 32.1. The molecule has 0 aliphatic carbocycles. The zero-order chi connectivity index (χ0) is 20.5. The van der Waals surface area contributed by atoms with Gasteiger partial charge in [-0.25, -0.2) is 4.99 Å². The van der Waals surface area contributed by atoms with Gasteiger partial charge in [0, 0.05) is 11.3 Å². The van der Waals surface area contributed by atoms with Crippen LogP contribution in [-0.2, 0) is 11.2 Å². The quantitative estimate of drug-likeness (QED) is 0.242. The summed E-state index contributed by atoms with van der Waals surface area (Å²) in [6.07, 6.45) is 3.45. The largest absolute Gasteiger partial charge is 0.382 e. The maximum Gasteiger partial charge on any atom is 0.221 e. The van der Waals surface area contributed by atoms with Gasteiger partial charge in [0.05, 0.1) is 11.3 Å². The first kappa shape index (κ1) is 21.2. The van der Waals surface area contributed by atoms with Gasteiger partial charge in [-0.1, -0.05) is 37.8 Å². The molecule has 28 heavy (non-hydrogen) atoms. The number of aliphatic imine (C=N–C) groups is 1. The fraction of sp³-hybridized carbons (Fsp3) is 0.182. The highest BCUT2D eigenvalue weighted by Crippen LogP contribution is 2.24. The van der Waals surface area contributed by atoms with E-state index in [4.69, 9.17) is 11.5 Å². The molecule has 0 fully saturated rings. The van der Waals surface area contributed by atoms with Gasteiger partial charge in [0.2, 0.25) is 5.91 Å². The van der Waals surface area contributed by atoms with Gasteiger partial charge in [0.1, 0.15) is 11.7 Å². The zero-order valence-corrected chi connectivity index (χ0v) is 16.9. The number of primary amides is 1. The van der Waals surface area contributed by atoms with Crippen molar-refractivity contribution in [3.05, 3.63) is 88.4 Å². The molecule has 0 spiro atoms. The van der Waals surface area contributed by atoms with Gasteiger partial charge < -0.3 is 16.8 Å². The number of carbonyl (C=O) groups is 1. The summed E-state index contributed by atoms with van der Waals surface area (Å²) in [5.74, 6) is 0.718. The third kappa shape index (κ3) is 5.96. The van der Waals surface area contributed by atoms with Gasteiger partial charge in [-0.05, 0) is 47.6 Å². The van der Waals surface area contributed by atoms with Crippen LogP contribution in [0.3, 0.4) is 0 Å². The standard InChI is InChI=1S/C22H26N4OS/c1-4-7-18(15(3)5-2)22(26-21(24)19-8-6-13-28-19)25-17-11-9-16(10-12-17)14-20(23)27/h4,6,8-13,25H,1,3,5,7,14H2,2H3,(H2,23,27)(H2,24,26)/b22-18-. The molecule has 0 atom stereocenters. The minimum absolute atomic E-state index is 0.209. The number of amidine groups is 1. The smallest absolute Gasteiger partial charge is 0.221 e. The molecule has 6 heteroatoms. The Hall–Kier alpha value is -3.12. The summed E-state index contributed by atoms with van der Waals surface area (Å²) in [5, 5.41) is 5.30. The molecule has 0 aliphatic rings. The van der Waals surface area contributed by atoms with E-state index in [-0.39, 0.29) is 12.3 Å². The number of nitrogens with two attached hydrogens (primary N) is 2. The van der Waals surface area contributed by atoms with E-state index in [1.807, 2.05) is 54.8 Å². The second kappa shape index (κ2) is 10.3. The van der Waals surface area contributed by atoms with Gasteiger partial charge in [0.25, 0.3) is 0 Å². The Bertz CT molecular complexity index is 893. The molecule has 146 valence electrons. The van der Waals surface area contributed by atoms with E-state index < -0.39 is 0 Å². The fourth-order valence-corrected chi connectivity index (χ4v) is 3.21. The van der Waals surface area contributed by atoms with Gasteiger partial charge in [-0.15, -0.1) is 17.9 Å². The monoisotopic (exact) mass is 394 g/mol. The molecule has 1 aromatic heterocycles. The van der Waals surface area contributed by atoms with Crippen molar-refractivity contribution in [1.29, 1.82) is 0 Å². The van der Waals surface area contributed by atoms with Crippen LogP contribution in [0.5, 0.6) is 0 Å². The van der Waals surface area contributed by atoms with Crippen LogP contribution < -0.4 is 16.8 Å². The molecule has 1 heterocycles. The maximum absolute atomic E-state index is 11.1. The van der Waals surface area contributed by atoms with E-state index in [9.17, 15) is 4.79 Å². The van der Waals surface area contributed by atoms with Crippen LogP contribution >= 0.6 is 11.3 Å². The number of nitrogens with zero attached hydrogens (tertiary/aromatic N) is 1. The Balaban J connectivity index is 2.42. The third-order valence-corrected chi connectivity index (χ3v) is 4.98. The number of anilines is 1. The first-order valence-corrected chi connectivity index (χ1v) is 9.87. The highest BCUT2D eigenvalue weighted by molar-refractivity contribution is 7.12. The highest BCUT2D eigenvalue weighted by Gasteiger charge is 2.11. The Kier molecular flexibility index (Phi) is 7.77. The number of nitrogens with one attached hydrogen (secondary N) is 1. The molecular formula is C22H26N4OS. The summed E-state index contributed by atoms with van der Waals surface area (Å²) in [4.78, 5) is 16.6. The number of rotatable bonds is 10. The molecule has 5 nitrogen and oxygen atoms in total. The Morgan fingerprint density at radius 1 is 1.25 bits per heavy atom. The molecule has 0 unspecified atom stereocenters. The van der Waals surface area contributed by atoms with Crippen LogP contribution in [0.4, 0.5) is 5.69 Å². The van der Waals surface area contributed by atoms with Gasteiger partial charge in [-0.2, -0.15) is 0 Å². The molecule has 0 aliphatic heterocycles. The molecule has 5 N–H and O–H groups in total. The zero-order valence-electron chi connectivity index (χ0n) is 16.1. The maximum atomic E-state index is 11.1. The Labute approximate surface area is 170 Å². The lowest BCUT2D eigenvalue weighted by molar-refractivity contribution is -0.117. The third-order valence-electron chi connectivity index (χ3n) is 4.09. The van der Waals surface area contributed by atoms with Crippen molar-refractivity contribution in [2.75, 3.05) is 5.32 Å². The van der Waals surface area contributed by atoms with Crippen molar-refractivity contribution in [3.63, 3.8) is 0 Å². The number of benzene rings is 1. The van der Waals surface area contributed by atoms with Gasteiger partial charge in [-0.3, -0.25) is 4.79 Å². The van der Waals surface area contributed by atoms with Crippen molar-refractivity contribution < 1.29 is 4.79 Å². The number of thiophene rings is 1. The van der Waals surface area contributed by atoms with E-state index >= 15 is 0 Å². The van der Waals surface area contributed by atoms with E-state index in [0.717, 1.165) is 33.7 Å². The molecule has 2 aromatic rings. The fourth-order valence-electron chi connectivity index (χ4n) is 2.58. The first-order chi connectivity index (χ1) is 13.4. The van der Waals surface area contributed by atoms with Crippen molar-refractivity contribution in [3.8, 4) is 0 Å². The van der Waals surface area contributed by atoms with Crippen LogP contribution in [0.25, 0.3) is 0 Å². The number of allylic oxidation sites excluding steroid dienone is 3. The molecule has 0 saturated carbocycles. The summed E-state index contributed by atoms with van der Waals surface area (Å²) < 4.78 is 0. The SMILES string of the molecule is C=CC/C(C(=C)CC)=C(/N=C(\N)c1cccs1)Nc1ccc(CC(N)=O)cc1. The van der Waals surface area contributed by atoms with E-state index in [2.05, 4.69) is 23.5 Å². The minimum Gasteiger partial charge on any atom is -0.382 e. The predicted octanol–water partition coefficient (Wildman–Crippen LogP) is 4.35. The Morgan fingerprint density at radius 3 is 2.50 bits per heavy atom. The molecule has 0 radical (unpaired) electrons. The van der Waals surface area contributed by atoms with Crippen LogP contribution in [0.15, 0.2) is 83.0 Å². The van der Waals surface area contributed by atoms with Crippen molar-refractivity contribution in [1.82, 2.24) is 0 Å². The van der Waals surface area contributed by atoms with E-state index in [1.165, 1.54) is 11.3 Å². The summed E-state index contributed by atoms with van der Waals surface area (Å²) in [5.41, 5.74) is 15.1. The van der Waals surface area contributed by atoms with Crippen LogP contribution in [0.2, 0.25) is 0 Å². The number of amides is 1. The van der Waals surface area contributed by atoms with Crippen LogP contribution in [-0.4, -0.2) is 11.7 Å². The summed E-state index contributed by atoms with van der Waals surface area (Å²) in [6, 6.07) is 11.4. The topological polar surface area (TPSA) is 93.5 Å². The molecule has 1 amide bonds. The predicted molar refractivity (Wildman–Crippen MR) is 119 cm³/mol. The minimum atomic E-state index is -0.359. The molecule has 2 rings (SSSR count). The van der Waals surface area contributed by atoms with Crippen LogP contribution in [0.1, 0.15) is 30.2 Å². The first-order valence-electron chi connectivity index (χ1n) is 8.99. The molecule has 1 aromatic carbocycles. The molecule has 0 bridgehead atoms. The lowest BCUT2D eigenvalue weighted by Crippen LogP contribution is -2.15. The molecular weight excluding hydrogens is 368 g/mol. The van der Waals surface area contributed by atoms with Crippen LogP contribution in [0, 0.1) is 0 Å². The summed E-state index contributed by atoms with van der Waals surface area (Å²) in [6.45, 7) is 10.1. The van der Waals surface area contributed by atoms with Crippen molar-refractivity contribution >= 4 is 28.8 Å². The second-order valence-corrected chi connectivity index (χ2v) is 7.16. The van der Waals surface area contributed by atoms with Crippen molar-refractivity contribution in [2.24, 2.45) is 16.5 Å². The summed E-state index contributed by atoms with van der Waals surface area (Å²) >= 11 is 1.53. The average Bonchev–Trinajstić information content (AvgIpc) is 3.21. The number of hydrogen-bond acceptors (Lipinski definition) is 4. The summed E-state index contributed by atoms with van der Waals surface area (Å²) in [7, 11) is 0. The van der Waals surface area contributed by atoms with Gasteiger partial charge >= 0.3 is 0 Å². The van der Waals surface area contributed by atoms with Crippen molar-refractivity contribution in [2.45, 2.75) is 26.2 Å².